The van der Waals surface area contributed by atoms with Gasteiger partial charge in [0.05, 0.1) is 11.5 Å². The van der Waals surface area contributed by atoms with Crippen LogP contribution in [0.1, 0.15) is 57.8 Å². The standard InChI is InChI=1S/C20H33N3O5S/c1-6-15(5)23-29(26,27)18-10-8-16(9-11-18)19(24)21-13-17(12-14(3)4)22-20(25)28-7-2/h8-11,14-15,17,23H,6-7,12-13H2,1-5H3,(H,21,24)(H,22,25). The Bertz CT molecular complexity index is 763. The second-order valence-electron chi connectivity index (χ2n) is 7.36. The number of hydrogen-bond donors (Lipinski definition) is 3. The molecule has 2 atom stereocenters. The summed E-state index contributed by atoms with van der Waals surface area (Å²) >= 11 is 0. The first-order chi connectivity index (χ1) is 13.6. The zero-order valence-electron chi connectivity index (χ0n) is 17.8. The number of alkyl carbamates (subject to hydrolysis) is 1. The Morgan fingerprint density at radius 3 is 2.21 bits per heavy atom. The molecule has 0 aliphatic rings. The summed E-state index contributed by atoms with van der Waals surface area (Å²) in [7, 11) is -3.62. The van der Waals surface area contributed by atoms with E-state index in [1.807, 2.05) is 20.8 Å². The molecule has 0 radical (unpaired) electrons. The molecule has 0 aliphatic heterocycles. The normalized spacial score (nSPS) is 13.6. The molecule has 0 bridgehead atoms. The number of ether oxygens (including phenoxy) is 1. The van der Waals surface area contributed by atoms with Crippen molar-refractivity contribution in [3.05, 3.63) is 29.8 Å². The van der Waals surface area contributed by atoms with Gasteiger partial charge in [0, 0.05) is 24.2 Å². The van der Waals surface area contributed by atoms with Crippen LogP contribution >= 0.6 is 0 Å². The van der Waals surface area contributed by atoms with Crippen molar-refractivity contribution in [2.24, 2.45) is 5.92 Å². The van der Waals surface area contributed by atoms with Crippen molar-refractivity contribution >= 4 is 22.0 Å². The first-order valence-corrected chi connectivity index (χ1v) is 11.4. The Morgan fingerprint density at radius 2 is 1.69 bits per heavy atom. The van der Waals surface area contributed by atoms with E-state index in [0.29, 0.717) is 24.3 Å². The van der Waals surface area contributed by atoms with Gasteiger partial charge in [0.25, 0.3) is 5.91 Å². The maximum Gasteiger partial charge on any atom is 0.407 e. The van der Waals surface area contributed by atoms with Gasteiger partial charge in [-0.2, -0.15) is 0 Å². The third kappa shape index (κ3) is 8.82. The fourth-order valence-corrected chi connectivity index (χ4v) is 3.95. The van der Waals surface area contributed by atoms with E-state index in [2.05, 4.69) is 15.4 Å². The average molecular weight is 428 g/mol. The molecule has 1 rings (SSSR count). The van der Waals surface area contributed by atoms with Crippen LogP contribution in [0.4, 0.5) is 4.79 Å². The van der Waals surface area contributed by atoms with Crippen LogP contribution in [0, 0.1) is 5.92 Å². The number of rotatable bonds is 11. The van der Waals surface area contributed by atoms with Crippen LogP contribution in [0.15, 0.2) is 29.2 Å². The minimum Gasteiger partial charge on any atom is -0.450 e. The third-order valence-corrected chi connectivity index (χ3v) is 5.86. The van der Waals surface area contributed by atoms with Crippen LogP contribution in [-0.4, -0.2) is 45.7 Å². The van der Waals surface area contributed by atoms with Gasteiger partial charge < -0.3 is 15.4 Å². The van der Waals surface area contributed by atoms with E-state index in [0.717, 1.165) is 0 Å². The number of carbonyl (C=O) groups is 2. The number of nitrogens with one attached hydrogen (secondary N) is 3. The fourth-order valence-electron chi connectivity index (χ4n) is 2.62. The minimum absolute atomic E-state index is 0.107. The van der Waals surface area contributed by atoms with Crippen LogP contribution in [0.3, 0.4) is 0 Å². The molecular formula is C20H33N3O5S. The maximum atomic E-state index is 12.4. The molecule has 29 heavy (non-hydrogen) atoms. The largest absolute Gasteiger partial charge is 0.450 e. The quantitative estimate of drug-likeness (QED) is 0.502. The Morgan fingerprint density at radius 1 is 1.07 bits per heavy atom. The first-order valence-electron chi connectivity index (χ1n) is 9.92. The van der Waals surface area contributed by atoms with Gasteiger partial charge in [0.1, 0.15) is 0 Å². The molecule has 2 unspecified atom stereocenters. The molecule has 0 heterocycles. The maximum absolute atomic E-state index is 12.4. The summed E-state index contributed by atoms with van der Waals surface area (Å²) in [5, 5.41) is 5.52. The highest BCUT2D eigenvalue weighted by atomic mass is 32.2. The average Bonchev–Trinajstić information content (AvgIpc) is 2.65. The van der Waals surface area contributed by atoms with E-state index in [4.69, 9.17) is 4.74 Å². The van der Waals surface area contributed by atoms with E-state index in [1.54, 1.807) is 13.8 Å². The van der Waals surface area contributed by atoms with Gasteiger partial charge in [-0.05, 0) is 56.9 Å². The van der Waals surface area contributed by atoms with Gasteiger partial charge in [-0.3, -0.25) is 4.79 Å². The Kier molecular flexibility index (Phi) is 10.1. The van der Waals surface area contributed by atoms with E-state index < -0.39 is 16.1 Å². The molecule has 0 saturated heterocycles. The lowest BCUT2D eigenvalue weighted by Gasteiger charge is -2.20. The zero-order valence-corrected chi connectivity index (χ0v) is 18.6. The Balaban J connectivity index is 2.74. The van der Waals surface area contributed by atoms with Crippen molar-refractivity contribution < 1.29 is 22.7 Å². The molecule has 0 aliphatic carbocycles. The summed E-state index contributed by atoms with van der Waals surface area (Å²) < 4.78 is 32.1. The predicted molar refractivity (Wildman–Crippen MR) is 112 cm³/mol. The number of carbonyl (C=O) groups excluding carboxylic acids is 2. The molecule has 8 nitrogen and oxygen atoms in total. The van der Waals surface area contributed by atoms with Crippen LogP contribution < -0.4 is 15.4 Å². The molecule has 0 spiro atoms. The summed E-state index contributed by atoms with van der Waals surface area (Å²) in [4.78, 5) is 24.2. The van der Waals surface area contributed by atoms with Gasteiger partial charge in [-0.25, -0.2) is 17.9 Å². The lowest BCUT2D eigenvalue weighted by molar-refractivity contribution is 0.0944. The summed E-state index contributed by atoms with van der Waals surface area (Å²) in [6.07, 6.45) is 0.838. The number of hydrogen-bond acceptors (Lipinski definition) is 5. The highest BCUT2D eigenvalue weighted by molar-refractivity contribution is 7.89. The highest BCUT2D eigenvalue weighted by Gasteiger charge is 2.19. The summed E-state index contributed by atoms with van der Waals surface area (Å²) in [5.74, 6) is -0.0235. The van der Waals surface area contributed by atoms with Crippen molar-refractivity contribution in [2.75, 3.05) is 13.2 Å². The Labute approximate surface area is 173 Å². The number of amides is 2. The van der Waals surface area contributed by atoms with E-state index in [9.17, 15) is 18.0 Å². The van der Waals surface area contributed by atoms with E-state index in [1.165, 1.54) is 24.3 Å². The SMILES string of the molecule is CCOC(=O)NC(CNC(=O)c1ccc(S(=O)(=O)NC(C)CC)cc1)CC(C)C. The molecule has 1 aromatic rings. The minimum atomic E-state index is -3.62. The van der Waals surface area contributed by atoms with E-state index in [-0.39, 0.29) is 36.0 Å². The second-order valence-corrected chi connectivity index (χ2v) is 9.07. The summed E-state index contributed by atoms with van der Waals surface area (Å²) in [6, 6.07) is 5.31. The molecule has 0 saturated carbocycles. The topological polar surface area (TPSA) is 114 Å². The molecule has 9 heteroatoms. The van der Waals surface area contributed by atoms with Gasteiger partial charge in [-0.1, -0.05) is 20.8 Å². The Hall–Kier alpha value is -2.13. The smallest absolute Gasteiger partial charge is 0.407 e. The lowest BCUT2D eigenvalue weighted by Crippen LogP contribution is -2.44. The van der Waals surface area contributed by atoms with Crippen LogP contribution in [0.2, 0.25) is 0 Å². The van der Waals surface area contributed by atoms with Gasteiger partial charge in [-0.15, -0.1) is 0 Å². The first kappa shape index (κ1) is 24.9. The monoisotopic (exact) mass is 427 g/mol. The van der Waals surface area contributed by atoms with Crippen molar-refractivity contribution in [3.8, 4) is 0 Å². The molecule has 0 fully saturated rings. The van der Waals surface area contributed by atoms with Crippen molar-refractivity contribution in [3.63, 3.8) is 0 Å². The predicted octanol–water partition coefficient (Wildman–Crippen LogP) is 2.65. The van der Waals surface area contributed by atoms with Crippen molar-refractivity contribution in [1.29, 1.82) is 0 Å². The summed E-state index contributed by atoms with van der Waals surface area (Å²) in [5.41, 5.74) is 0.340. The molecule has 2 amide bonds. The molecule has 3 N–H and O–H groups in total. The van der Waals surface area contributed by atoms with Crippen molar-refractivity contribution in [1.82, 2.24) is 15.4 Å². The van der Waals surface area contributed by atoms with Crippen LogP contribution in [0.5, 0.6) is 0 Å². The number of benzene rings is 1. The van der Waals surface area contributed by atoms with Gasteiger partial charge >= 0.3 is 6.09 Å². The number of sulfonamides is 1. The molecule has 164 valence electrons. The van der Waals surface area contributed by atoms with Crippen LogP contribution in [-0.2, 0) is 14.8 Å². The van der Waals surface area contributed by atoms with Gasteiger partial charge in [0.2, 0.25) is 10.0 Å². The second kappa shape index (κ2) is 11.8. The highest BCUT2D eigenvalue weighted by Crippen LogP contribution is 2.12. The molecule has 1 aromatic carbocycles. The fraction of sp³-hybridized carbons (Fsp3) is 0.600. The third-order valence-electron chi connectivity index (χ3n) is 4.26. The van der Waals surface area contributed by atoms with Crippen molar-refractivity contribution in [2.45, 2.75) is 64.4 Å². The zero-order chi connectivity index (χ0) is 22.0. The molecular weight excluding hydrogens is 394 g/mol. The summed E-state index contributed by atoms with van der Waals surface area (Å²) in [6.45, 7) is 9.96. The lowest BCUT2D eigenvalue weighted by atomic mass is 10.0. The van der Waals surface area contributed by atoms with Crippen LogP contribution in [0.25, 0.3) is 0 Å². The van der Waals surface area contributed by atoms with E-state index >= 15 is 0 Å². The molecule has 0 aromatic heterocycles. The van der Waals surface area contributed by atoms with Gasteiger partial charge in [0.15, 0.2) is 0 Å².